The molecule has 0 bridgehead atoms. The molecule has 8 nitrogen and oxygen atoms in total. The van der Waals surface area contributed by atoms with Gasteiger partial charge in [-0.15, -0.1) is 0 Å². The van der Waals surface area contributed by atoms with Crippen molar-refractivity contribution in [1.29, 1.82) is 0 Å². The number of benzene rings is 3. The van der Waals surface area contributed by atoms with E-state index in [-0.39, 0.29) is 5.57 Å². The Morgan fingerprint density at radius 1 is 0.889 bits per heavy atom. The first-order valence-corrected chi connectivity index (χ1v) is 11.9. The number of anilines is 1. The molecule has 0 atom stereocenters. The molecule has 3 aromatic carbocycles. The SMILES string of the molecule is COc1cc(/C=C2/C(=O)NC(=O)N(c3ccc(Br)cc3)C2=O)ccc1OCCCOc1ccccc1. The van der Waals surface area contributed by atoms with Crippen molar-refractivity contribution in [3.05, 3.63) is 88.4 Å². The van der Waals surface area contributed by atoms with Gasteiger partial charge in [-0.1, -0.05) is 40.2 Å². The van der Waals surface area contributed by atoms with Gasteiger partial charge in [0.2, 0.25) is 0 Å². The standard InChI is InChI=1S/C27H23BrN2O6/c1-34-24-17-18(8-13-23(24)36-15-5-14-35-21-6-3-2-4-7-21)16-22-25(31)29-27(33)30(26(22)32)20-11-9-19(28)10-12-20/h2-4,6-13,16-17H,5,14-15H2,1H3,(H,29,31,33)/b22-16-. The zero-order valence-corrected chi connectivity index (χ0v) is 21.0. The van der Waals surface area contributed by atoms with Gasteiger partial charge in [0, 0.05) is 10.9 Å². The van der Waals surface area contributed by atoms with E-state index in [9.17, 15) is 14.4 Å². The lowest BCUT2D eigenvalue weighted by atomic mass is 10.1. The average Bonchev–Trinajstić information content (AvgIpc) is 2.88. The molecule has 4 rings (SSSR count). The maximum absolute atomic E-state index is 13.1. The van der Waals surface area contributed by atoms with Gasteiger partial charge in [0.25, 0.3) is 11.8 Å². The summed E-state index contributed by atoms with van der Waals surface area (Å²) in [7, 11) is 1.50. The molecule has 3 aromatic rings. The number of hydrogen-bond donors (Lipinski definition) is 1. The molecule has 1 fully saturated rings. The zero-order valence-electron chi connectivity index (χ0n) is 19.4. The van der Waals surface area contributed by atoms with Crippen LogP contribution in [0.2, 0.25) is 0 Å². The summed E-state index contributed by atoms with van der Waals surface area (Å²) in [5.74, 6) is 0.275. The minimum Gasteiger partial charge on any atom is -0.493 e. The number of para-hydroxylation sites is 1. The second-order valence-electron chi connectivity index (χ2n) is 7.71. The highest BCUT2D eigenvalue weighted by atomic mass is 79.9. The van der Waals surface area contributed by atoms with Crippen molar-refractivity contribution >= 4 is 45.5 Å². The van der Waals surface area contributed by atoms with Crippen molar-refractivity contribution < 1.29 is 28.6 Å². The predicted octanol–water partition coefficient (Wildman–Crippen LogP) is 4.97. The van der Waals surface area contributed by atoms with E-state index in [2.05, 4.69) is 21.2 Å². The number of carbonyl (C=O) groups is 3. The van der Waals surface area contributed by atoms with Crippen LogP contribution in [0.5, 0.6) is 17.2 Å². The molecule has 9 heteroatoms. The van der Waals surface area contributed by atoms with E-state index in [4.69, 9.17) is 14.2 Å². The highest BCUT2D eigenvalue weighted by molar-refractivity contribution is 9.10. The van der Waals surface area contributed by atoms with E-state index < -0.39 is 17.8 Å². The van der Waals surface area contributed by atoms with Crippen LogP contribution in [0, 0.1) is 0 Å². The molecule has 1 aliphatic heterocycles. The molecule has 36 heavy (non-hydrogen) atoms. The molecule has 4 amide bonds. The fraction of sp³-hybridized carbons (Fsp3) is 0.148. The number of urea groups is 1. The van der Waals surface area contributed by atoms with Gasteiger partial charge >= 0.3 is 6.03 Å². The molecule has 0 aliphatic carbocycles. The van der Waals surface area contributed by atoms with Crippen LogP contribution in [0.4, 0.5) is 10.5 Å². The normalized spacial score (nSPS) is 14.6. The lowest BCUT2D eigenvalue weighted by Crippen LogP contribution is -2.54. The molecule has 1 heterocycles. The number of carbonyl (C=O) groups excluding carboxylic acids is 3. The third-order valence-corrected chi connectivity index (χ3v) is 5.77. The van der Waals surface area contributed by atoms with E-state index in [0.29, 0.717) is 42.4 Å². The number of nitrogens with one attached hydrogen (secondary N) is 1. The first-order valence-electron chi connectivity index (χ1n) is 11.1. The van der Waals surface area contributed by atoms with E-state index in [0.717, 1.165) is 15.1 Å². The van der Waals surface area contributed by atoms with Crippen LogP contribution in [0.3, 0.4) is 0 Å². The third-order valence-electron chi connectivity index (χ3n) is 5.24. The number of methoxy groups -OCH3 is 1. The van der Waals surface area contributed by atoms with Gasteiger partial charge < -0.3 is 14.2 Å². The topological polar surface area (TPSA) is 94.2 Å². The highest BCUT2D eigenvalue weighted by Gasteiger charge is 2.36. The Labute approximate surface area is 216 Å². The van der Waals surface area contributed by atoms with Crippen molar-refractivity contribution in [1.82, 2.24) is 5.32 Å². The Bertz CT molecular complexity index is 1290. The van der Waals surface area contributed by atoms with Gasteiger partial charge in [-0.05, 0) is 60.2 Å². The Hall–Kier alpha value is -4.11. The molecule has 0 saturated carbocycles. The predicted molar refractivity (Wildman–Crippen MR) is 138 cm³/mol. The molecule has 0 aromatic heterocycles. The van der Waals surface area contributed by atoms with Gasteiger partial charge in [-0.3, -0.25) is 14.9 Å². The maximum Gasteiger partial charge on any atom is 0.335 e. The minimum atomic E-state index is -0.804. The zero-order chi connectivity index (χ0) is 25.5. The lowest BCUT2D eigenvalue weighted by Gasteiger charge is -2.26. The van der Waals surface area contributed by atoms with Crippen LogP contribution >= 0.6 is 15.9 Å². The number of imide groups is 2. The first-order chi connectivity index (χ1) is 17.5. The van der Waals surface area contributed by atoms with Gasteiger partial charge in [0.05, 0.1) is 26.0 Å². The summed E-state index contributed by atoms with van der Waals surface area (Å²) in [4.78, 5) is 38.8. The minimum absolute atomic E-state index is 0.175. The van der Waals surface area contributed by atoms with E-state index >= 15 is 0 Å². The van der Waals surface area contributed by atoms with E-state index in [1.165, 1.54) is 13.2 Å². The number of rotatable bonds is 9. The van der Waals surface area contributed by atoms with E-state index in [1.54, 1.807) is 42.5 Å². The Morgan fingerprint density at radius 2 is 1.61 bits per heavy atom. The fourth-order valence-corrected chi connectivity index (χ4v) is 3.75. The summed E-state index contributed by atoms with van der Waals surface area (Å²) in [6, 6.07) is 20.4. The van der Waals surface area contributed by atoms with Crippen LogP contribution in [0.15, 0.2) is 82.8 Å². The van der Waals surface area contributed by atoms with Crippen LogP contribution in [0.1, 0.15) is 12.0 Å². The summed E-state index contributed by atoms with van der Waals surface area (Å²) < 4.78 is 17.7. The lowest BCUT2D eigenvalue weighted by molar-refractivity contribution is -0.122. The molecule has 0 radical (unpaired) electrons. The highest BCUT2D eigenvalue weighted by Crippen LogP contribution is 2.30. The van der Waals surface area contributed by atoms with Crippen molar-refractivity contribution in [2.24, 2.45) is 0 Å². The Morgan fingerprint density at radius 3 is 2.33 bits per heavy atom. The van der Waals surface area contributed by atoms with Crippen molar-refractivity contribution in [3.63, 3.8) is 0 Å². The summed E-state index contributed by atoms with van der Waals surface area (Å²) in [5, 5.41) is 2.21. The van der Waals surface area contributed by atoms with Gasteiger partial charge in [0.1, 0.15) is 11.3 Å². The second-order valence-corrected chi connectivity index (χ2v) is 8.62. The number of barbiturate groups is 1. The van der Waals surface area contributed by atoms with Crippen molar-refractivity contribution in [2.45, 2.75) is 6.42 Å². The number of amides is 4. The van der Waals surface area contributed by atoms with Crippen molar-refractivity contribution in [2.75, 3.05) is 25.2 Å². The van der Waals surface area contributed by atoms with Crippen LogP contribution in [-0.2, 0) is 9.59 Å². The fourth-order valence-electron chi connectivity index (χ4n) is 3.49. The van der Waals surface area contributed by atoms with Crippen LogP contribution in [0.25, 0.3) is 6.08 Å². The monoisotopic (exact) mass is 550 g/mol. The number of ether oxygens (including phenoxy) is 3. The molecule has 1 N–H and O–H groups in total. The average molecular weight is 551 g/mol. The number of nitrogens with zero attached hydrogens (tertiary/aromatic N) is 1. The summed E-state index contributed by atoms with van der Waals surface area (Å²) in [6.07, 6.45) is 2.08. The largest absolute Gasteiger partial charge is 0.493 e. The molecule has 0 spiro atoms. The van der Waals surface area contributed by atoms with Gasteiger partial charge in [-0.2, -0.15) is 0 Å². The van der Waals surface area contributed by atoms with Gasteiger partial charge in [-0.25, -0.2) is 9.69 Å². The molecule has 184 valence electrons. The maximum atomic E-state index is 13.1. The van der Waals surface area contributed by atoms with Gasteiger partial charge in [0.15, 0.2) is 11.5 Å². The molecule has 0 unspecified atom stereocenters. The first kappa shape index (κ1) is 25.0. The molecule has 1 saturated heterocycles. The van der Waals surface area contributed by atoms with Crippen molar-refractivity contribution in [3.8, 4) is 17.2 Å². The Balaban J connectivity index is 1.44. The van der Waals surface area contributed by atoms with Crippen LogP contribution in [-0.4, -0.2) is 38.2 Å². The third kappa shape index (κ3) is 5.92. The van der Waals surface area contributed by atoms with E-state index in [1.807, 2.05) is 30.3 Å². The second kappa shape index (κ2) is 11.5. The molecular formula is C27H23BrN2O6. The summed E-state index contributed by atoms with van der Waals surface area (Å²) in [5.41, 5.74) is 0.707. The summed E-state index contributed by atoms with van der Waals surface area (Å²) >= 11 is 3.32. The molecule has 1 aliphatic rings. The van der Waals surface area contributed by atoms with Crippen LogP contribution < -0.4 is 24.4 Å². The number of hydrogen-bond acceptors (Lipinski definition) is 6. The quantitative estimate of drug-likeness (QED) is 0.229. The summed E-state index contributed by atoms with van der Waals surface area (Å²) in [6.45, 7) is 0.913. The molecular weight excluding hydrogens is 528 g/mol. The number of halogens is 1. The Kier molecular flexibility index (Phi) is 8.02. The smallest absolute Gasteiger partial charge is 0.335 e.